The minimum Gasteiger partial charge on any atom is -0.356 e. The van der Waals surface area contributed by atoms with Crippen molar-refractivity contribution in [3.05, 3.63) is 85.1 Å². The summed E-state index contributed by atoms with van der Waals surface area (Å²) >= 11 is 12.2. The van der Waals surface area contributed by atoms with Crippen LogP contribution < -0.4 is 10.5 Å². The first-order valence-corrected chi connectivity index (χ1v) is 11.6. The Bertz CT molecular complexity index is 1250. The molecule has 0 amide bonds. The molecule has 32 heavy (non-hydrogen) atoms. The molecule has 0 radical (unpaired) electrons. The van der Waals surface area contributed by atoms with Crippen LogP contribution >= 0.6 is 23.2 Å². The molecule has 0 bridgehead atoms. The van der Waals surface area contributed by atoms with E-state index in [2.05, 4.69) is 29.2 Å². The van der Waals surface area contributed by atoms with E-state index in [1.54, 1.807) is 13.8 Å². The van der Waals surface area contributed by atoms with Gasteiger partial charge >= 0.3 is 0 Å². The Kier molecular flexibility index (Phi) is 5.30. The van der Waals surface area contributed by atoms with Crippen LogP contribution in [-0.2, 0) is 12.8 Å². The van der Waals surface area contributed by atoms with Gasteiger partial charge in [0.15, 0.2) is 0 Å². The highest BCUT2D eigenvalue weighted by Crippen LogP contribution is 2.45. The number of aryl methyl sites for hydroxylation is 1. The largest absolute Gasteiger partial charge is 0.356 e. The molecule has 2 aromatic carbocycles. The van der Waals surface area contributed by atoms with E-state index < -0.39 is 5.82 Å². The molecule has 0 saturated carbocycles. The first-order chi connectivity index (χ1) is 15.3. The van der Waals surface area contributed by atoms with Gasteiger partial charge in [-0.3, -0.25) is 9.36 Å². The van der Waals surface area contributed by atoms with Crippen LogP contribution in [0.3, 0.4) is 0 Å². The summed E-state index contributed by atoms with van der Waals surface area (Å²) in [6, 6.07) is 11.4. The van der Waals surface area contributed by atoms with Gasteiger partial charge in [-0.25, -0.2) is 9.37 Å². The minimum atomic E-state index is -0.622. The molecule has 166 valence electrons. The second-order valence-electron chi connectivity index (χ2n) is 9.05. The third-order valence-corrected chi connectivity index (χ3v) is 7.93. The lowest BCUT2D eigenvalue weighted by atomic mass is 9.76. The molecule has 5 rings (SSSR count). The number of hydrogen-bond donors (Lipinski definition) is 0. The quantitative estimate of drug-likeness (QED) is 0.451. The van der Waals surface area contributed by atoms with E-state index in [0.29, 0.717) is 22.5 Å². The summed E-state index contributed by atoms with van der Waals surface area (Å²) in [6.07, 6.45) is 4.41. The van der Waals surface area contributed by atoms with E-state index in [4.69, 9.17) is 28.2 Å². The van der Waals surface area contributed by atoms with Crippen molar-refractivity contribution in [1.29, 1.82) is 0 Å². The van der Waals surface area contributed by atoms with Crippen molar-refractivity contribution in [2.75, 3.05) is 18.0 Å². The van der Waals surface area contributed by atoms with Crippen LogP contribution in [0.5, 0.6) is 0 Å². The fourth-order valence-corrected chi connectivity index (χ4v) is 5.69. The first kappa shape index (κ1) is 21.5. The Morgan fingerprint density at radius 3 is 2.22 bits per heavy atom. The average Bonchev–Trinajstić information content (AvgIpc) is 3.14. The molecule has 1 aromatic heterocycles. The maximum absolute atomic E-state index is 13.7. The highest BCUT2D eigenvalue weighted by molar-refractivity contribution is 6.43. The van der Waals surface area contributed by atoms with Crippen LogP contribution in [-0.4, -0.2) is 22.6 Å². The predicted molar refractivity (Wildman–Crippen MR) is 127 cm³/mol. The molecule has 1 aliphatic carbocycles. The van der Waals surface area contributed by atoms with E-state index >= 15 is 0 Å². The normalized spacial score (nSPS) is 17.1. The van der Waals surface area contributed by atoms with Crippen molar-refractivity contribution in [2.45, 2.75) is 39.5 Å². The third kappa shape index (κ3) is 3.43. The lowest BCUT2D eigenvalue weighted by molar-refractivity contribution is 0.232. The summed E-state index contributed by atoms with van der Waals surface area (Å²) in [5.74, 6) is 0.593. The third-order valence-electron chi connectivity index (χ3n) is 7.08. The van der Waals surface area contributed by atoms with Crippen molar-refractivity contribution < 1.29 is 4.39 Å². The molecule has 0 unspecified atom stereocenters. The smallest absolute Gasteiger partial charge is 0.263 e. The van der Waals surface area contributed by atoms with E-state index in [1.165, 1.54) is 27.8 Å². The maximum atomic E-state index is 13.7. The second kappa shape index (κ2) is 7.89. The number of nitrogens with zero attached hydrogens (tertiary/aromatic N) is 3. The number of anilines is 1. The molecule has 7 heteroatoms. The zero-order chi connectivity index (χ0) is 22.6. The minimum absolute atomic E-state index is 0.00605. The Balaban J connectivity index is 1.43. The average molecular weight is 472 g/mol. The fraction of sp³-hybridized carbons (Fsp3) is 0.360. The summed E-state index contributed by atoms with van der Waals surface area (Å²) in [5.41, 5.74) is 3.94. The molecule has 1 spiro atoms. The monoisotopic (exact) mass is 471 g/mol. The Hall–Kier alpha value is -2.37. The number of piperidine rings is 1. The van der Waals surface area contributed by atoms with Crippen LogP contribution in [0.4, 0.5) is 10.2 Å². The summed E-state index contributed by atoms with van der Waals surface area (Å²) in [5, 5.41) is -0.192. The van der Waals surface area contributed by atoms with E-state index in [-0.39, 0.29) is 15.6 Å². The van der Waals surface area contributed by atoms with Gasteiger partial charge in [-0.05, 0) is 68.2 Å². The Morgan fingerprint density at radius 2 is 1.59 bits per heavy atom. The number of hydrogen-bond acceptors (Lipinski definition) is 3. The standard InChI is InChI=1S/C25H24Cl2FN3O/c1-15-23(29-16(2)31(24(15)32)20-8-7-19(28)21(26)22(20)27)30-11-9-25(10-12-30)13-17-5-3-4-6-18(17)14-25/h3-8H,9-14H2,1-2H3. The molecule has 2 aliphatic rings. The summed E-state index contributed by atoms with van der Waals surface area (Å²) in [4.78, 5) is 20.3. The van der Waals surface area contributed by atoms with Gasteiger partial charge in [0.1, 0.15) is 17.5 Å². The molecule has 3 aromatic rings. The zero-order valence-corrected chi connectivity index (χ0v) is 19.6. The maximum Gasteiger partial charge on any atom is 0.263 e. The Labute approximate surface area is 196 Å². The summed E-state index contributed by atoms with van der Waals surface area (Å²) in [6.45, 7) is 5.29. The summed E-state index contributed by atoms with van der Waals surface area (Å²) in [7, 11) is 0. The van der Waals surface area contributed by atoms with Gasteiger partial charge in [-0.1, -0.05) is 47.5 Å². The van der Waals surface area contributed by atoms with Crippen LogP contribution in [0.2, 0.25) is 10.0 Å². The van der Waals surface area contributed by atoms with Crippen molar-refractivity contribution in [3.63, 3.8) is 0 Å². The van der Waals surface area contributed by atoms with Crippen LogP contribution in [0.1, 0.15) is 35.4 Å². The van der Waals surface area contributed by atoms with Gasteiger partial charge in [-0.15, -0.1) is 0 Å². The van der Waals surface area contributed by atoms with Crippen molar-refractivity contribution >= 4 is 29.0 Å². The number of rotatable bonds is 2. The van der Waals surface area contributed by atoms with Gasteiger partial charge < -0.3 is 4.90 Å². The molecule has 1 saturated heterocycles. The van der Waals surface area contributed by atoms with Crippen molar-refractivity contribution in [3.8, 4) is 5.69 Å². The lowest BCUT2D eigenvalue weighted by Gasteiger charge is -2.40. The van der Waals surface area contributed by atoms with E-state index in [0.717, 1.165) is 44.6 Å². The SMILES string of the molecule is Cc1c(N2CCC3(CC2)Cc2ccccc2C3)nc(C)n(-c2ccc(F)c(Cl)c2Cl)c1=O. The molecular weight excluding hydrogens is 448 g/mol. The Morgan fingerprint density at radius 1 is 0.969 bits per heavy atom. The molecule has 0 atom stereocenters. The van der Waals surface area contributed by atoms with Crippen LogP contribution in [0, 0.1) is 25.1 Å². The summed E-state index contributed by atoms with van der Waals surface area (Å²) < 4.78 is 15.2. The van der Waals surface area contributed by atoms with E-state index in [9.17, 15) is 9.18 Å². The number of aromatic nitrogens is 2. The van der Waals surface area contributed by atoms with Crippen LogP contribution in [0.25, 0.3) is 5.69 Å². The molecular formula is C25H24Cl2FN3O. The molecule has 2 heterocycles. The highest BCUT2D eigenvalue weighted by atomic mass is 35.5. The fourth-order valence-electron chi connectivity index (χ4n) is 5.30. The van der Waals surface area contributed by atoms with Crippen molar-refractivity contribution in [2.24, 2.45) is 5.41 Å². The molecule has 1 aliphatic heterocycles. The predicted octanol–water partition coefficient (Wildman–Crippen LogP) is 5.68. The number of benzene rings is 2. The second-order valence-corrected chi connectivity index (χ2v) is 9.81. The van der Waals surface area contributed by atoms with Gasteiger partial charge in [-0.2, -0.15) is 0 Å². The molecule has 4 nitrogen and oxygen atoms in total. The lowest BCUT2D eigenvalue weighted by Crippen LogP contribution is -2.42. The first-order valence-electron chi connectivity index (χ1n) is 10.9. The van der Waals surface area contributed by atoms with Crippen LogP contribution in [0.15, 0.2) is 41.2 Å². The van der Waals surface area contributed by atoms with Crippen molar-refractivity contribution in [1.82, 2.24) is 9.55 Å². The van der Waals surface area contributed by atoms with Gasteiger partial charge in [0.2, 0.25) is 0 Å². The van der Waals surface area contributed by atoms with Gasteiger partial charge in [0, 0.05) is 13.1 Å². The topological polar surface area (TPSA) is 38.1 Å². The number of fused-ring (bicyclic) bond motifs is 1. The molecule has 0 N–H and O–H groups in total. The van der Waals surface area contributed by atoms with Gasteiger partial charge in [0.25, 0.3) is 5.56 Å². The zero-order valence-electron chi connectivity index (χ0n) is 18.1. The number of halogens is 3. The highest BCUT2D eigenvalue weighted by Gasteiger charge is 2.40. The van der Waals surface area contributed by atoms with Gasteiger partial charge in [0.05, 0.1) is 21.3 Å². The molecule has 1 fully saturated rings. The van der Waals surface area contributed by atoms with E-state index in [1.807, 2.05) is 0 Å².